The largest absolute Gasteiger partial charge is 0.303 e. The fraction of sp³-hybridized carbons (Fsp3) is 0.625. The second kappa shape index (κ2) is 6.80. The zero-order valence-corrected chi connectivity index (χ0v) is 11.1. The van der Waals surface area contributed by atoms with Crippen molar-refractivity contribution in [1.29, 1.82) is 0 Å². The molecule has 1 saturated heterocycles. The minimum atomic E-state index is 0.878. The van der Waals surface area contributed by atoms with E-state index in [1.165, 1.54) is 57.3 Å². The summed E-state index contributed by atoms with van der Waals surface area (Å²) < 4.78 is 0. The Morgan fingerprint density at radius 2 is 2.06 bits per heavy atom. The van der Waals surface area contributed by atoms with Gasteiger partial charge in [0.2, 0.25) is 0 Å². The summed E-state index contributed by atoms with van der Waals surface area (Å²) in [6.45, 7) is 6.23. The maximum Gasteiger partial charge on any atom is 0.00128 e. The van der Waals surface area contributed by atoms with Gasteiger partial charge in [-0.3, -0.25) is 0 Å². The molecule has 1 aromatic rings. The molecule has 17 heavy (non-hydrogen) atoms. The quantitative estimate of drug-likeness (QED) is 0.746. The van der Waals surface area contributed by atoms with Crippen molar-refractivity contribution in [2.24, 2.45) is 5.92 Å². The smallest absolute Gasteiger partial charge is 0.00128 e. The predicted octanol–water partition coefficient (Wildman–Crippen LogP) is 3.74. The van der Waals surface area contributed by atoms with Crippen LogP contribution in [0.3, 0.4) is 0 Å². The van der Waals surface area contributed by atoms with E-state index < -0.39 is 0 Å². The van der Waals surface area contributed by atoms with Crippen molar-refractivity contribution in [3.63, 3.8) is 0 Å². The summed E-state index contributed by atoms with van der Waals surface area (Å²) in [7, 11) is 0. The SMILES string of the molecule is CCCCN1CCCC(Cc2ccccc2)C1. The number of rotatable bonds is 5. The van der Waals surface area contributed by atoms with Gasteiger partial charge in [-0.2, -0.15) is 0 Å². The molecular formula is C16H25N. The second-order valence-corrected chi connectivity index (χ2v) is 5.35. The maximum atomic E-state index is 2.67. The first-order chi connectivity index (χ1) is 8.38. The van der Waals surface area contributed by atoms with Gasteiger partial charge in [-0.05, 0) is 50.3 Å². The van der Waals surface area contributed by atoms with Crippen molar-refractivity contribution in [3.05, 3.63) is 35.9 Å². The Morgan fingerprint density at radius 1 is 1.24 bits per heavy atom. The van der Waals surface area contributed by atoms with E-state index in [0.29, 0.717) is 0 Å². The van der Waals surface area contributed by atoms with Gasteiger partial charge in [0, 0.05) is 6.54 Å². The Morgan fingerprint density at radius 3 is 2.82 bits per heavy atom. The Kier molecular flexibility index (Phi) is 5.06. The number of benzene rings is 1. The van der Waals surface area contributed by atoms with E-state index in [9.17, 15) is 0 Å². The summed E-state index contributed by atoms with van der Waals surface area (Å²) in [5.74, 6) is 0.878. The normalized spacial score (nSPS) is 21.6. The summed E-state index contributed by atoms with van der Waals surface area (Å²) in [6, 6.07) is 11.0. The molecule has 1 heteroatoms. The molecule has 0 N–H and O–H groups in total. The lowest BCUT2D eigenvalue weighted by atomic mass is 9.91. The first-order valence-electron chi connectivity index (χ1n) is 7.14. The fourth-order valence-corrected chi connectivity index (χ4v) is 2.85. The molecular weight excluding hydrogens is 206 g/mol. The molecule has 1 aromatic carbocycles. The number of likely N-dealkylation sites (tertiary alicyclic amines) is 1. The summed E-state index contributed by atoms with van der Waals surface area (Å²) in [4.78, 5) is 2.67. The molecule has 1 aliphatic heterocycles. The number of hydrogen-bond donors (Lipinski definition) is 0. The third kappa shape index (κ3) is 4.16. The fourth-order valence-electron chi connectivity index (χ4n) is 2.85. The number of unbranched alkanes of at least 4 members (excludes halogenated alkanes) is 1. The van der Waals surface area contributed by atoms with Crippen LogP contribution in [0.2, 0.25) is 0 Å². The van der Waals surface area contributed by atoms with Crippen molar-refractivity contribution in [2.75, 3.05) is 19.6 Å². The van der Waals surface area contributed by atoms with Crippen molar-refractivity contribution < 1.29 is 0 Å². The predicted molar refractivity (Wildman–Crippen MR) is 74.2 cm³/mol. The van der Waals surface area contributed by atoms with Gasteiger partial charge in [-0.25, -0.2) is 0 Å². The molecule has 0 bridgehead atoms. The van der Waals surface area contributed by atoms with Crippen molar-refractivity contribution in [2.45, 2.75) is 39.0 Å². The minimum Gasteiger partial charge on any atom is -0.303 e. The Hall–Kier alpha value is -0.820. The highest BCUT2D eigenvalue weighted by molar-refractivity contribution is 5.15. The van der Waals surface area contributed by atoms with E-state index in [4.69, 9.17) is 0 Å². The average Bonchev–Trinajstić information content (AvgIpc) is 2.38. The maximum absolute atomic E-state index is 2.67. The lowest BCUT2D eigenvalue weighted by Crippen LogP contribution is -2.36. The van der Waals surface area contributed by atoms with Crippen LogP contribution in [-0.4, -0.2) is 24.5 Å². The van der Waals surface area contributed by atoms with Gasteiger partial charge in [0.15, 0.2) is 0 Å². The van der Waals surface area contributed by atoms with E-state index in [2.05, 4.69) is 42.2 Å². The molecule has 1 nitrogen and oxygen atoms in total. The monoisotopic (exact) mass is 231 g/mol. The summed E-state index contributed by atoms with van der Waals surface area (Å²) in [5, 5.41) is 0. The molecule has 1 unspecified atom stereocenters. The van der Waals surface area contributed by atoms with E-state index >= 15 is 0 Å². The molecule has 1 atom stereocenters. The first-order valence-corrected chi connectivity index (χ1v) is 7.14. The van der Waals surface area contributed by atoms with Gasteiger partial charge in [-0.15, -0.1) is 0 Å². The Balaban J connectivity index is 1.81. The molecule has 0 radical (unpaired) electrons. The topological polar surface area (TPSA) is 3.24 Å². The molecule has 1 heterocycles. The minimum absolute atomic E-state index is 0.878. The van der Waals surface area contributed by atoms with E-state index in [0.717, 1.165) is 5.92 Å². The summed E-state index contributed by atoms with van der Waals surface area (Å²) in [6.07, 6.45) is 6.75. The molecule has 0 spiro atoms. The average molecular weight is 231 g/mol. The molecule has 0 aliphatic carbocycles. The van der Waals surface area contributed by atoms with Gasteiger partial charge in [0.05, 0.1) is 0 Å². The standard InChI is InChI=1S/C16H25N/c1-2-3-11-17-12-7-10-16(14-17)13-15-8-5-4-6-9-15/h4-6,8-9,16H,2-3,7,10-14H2,1H3. The van der Waals surface area contributed by atoms with Gasteiger partial charge < -0.3 is 4.90 Å². The number of nitrogens with zero attached hydrogens (tertiary/aromatic N) is 1. The molecule has 0 amide bonds. The van der Waals surface area contributed by atoms with Crippen LogP contribution in [0.15, 0.2) is 30.3 Å². The Labute approximate surface area is 106 Å². The van der Waals surface area contributed by atoms with Gasteiger partial charge in [-0.1, -0.05) is 43.7 Å². The highest BCUT2D eigenvalue weighted by Crippen LogP contribution is 2.20. The Bertz CT molecular complexity index is 307. The third-order valence-corrected chi connectivity index (χ3v) is 3.80. The van der Waals surface area contributed by atoms with Crippen LogP contribution < -0.4 is 0 Å². The van der Waals surface area contributed by atoms with Crippen LogP contribution >= 0.6 is 0 Å². The molecule has 0 aromatic heterocycles. The zero-order valence-electron chi connectivity index (χ0n) is 11.1. The summed E-state index contributed by atoms with van der Waals surface area (Å²) >= 11 is 0. The molecule has 1 fully saturated rings. The van der Waals surface area contributed by atoms with Gasteiger partial charge in [0.1, 0.15) is 0 Å². The van der Waals surface area contributed by atoms with Crippen LogP contribution in [0.5, 0.6) is 0 Å². The summed E-state index contributed by atoms with van der Waals surface area (Å²) in [5.41, 5.74) is 1.51. The third-order valence-electron chi connectivity index (χ3n) is 3.80. The van der Waals surface area contributed by atoms with Crippen molar-refractivity contribution in [1.82, 2.24) is 4.90 Å². The highest BCUT2D eigenvalue weighted by atomic mass is 15.1. The van der Waals surface area contributed by atoms with Gasteiger partial charge in [0.25, 0.3) is 0 Å². The van der Waals surface area contributed by atoms with E-state index in [1.807, 2.05) is 0 Å². The van der Waals surface area contributed by atoms with Crippen molar-refractivity contribution >= 4 is 0 Å². The van der Waals surface area contributed by atoms with Crippen LogP contribution in [0.4, 0.5) is 0 Å². The molecule has 94 valence electrons. The van der Waals surface area contributed by atoms with Gasteiger partial charge >= 0.3 is 0 Å². The van der Waals surface area contributed by atoms with Crippen LogP contribution in [-0.2, 0) is 6.42 Å². The second-order valence-electron chi connectivity index (χ2n) is 5.35. The van der Waals surface area contributed by atoms with Crippen LogP contribution in [0.25, 0.3) is 0 Å². The lowest BCUT2D eigenvalue weighted by Gasteiger charge is -2.32. The lowest BCUT2D eigenvalue weighted by molar-refractivity contribution is 0.172. The number of piperidine rings is 1. The van der Waals surface area contributed by atoms with Crippen LogP contribution in [0.1, 0.15) is 38.2 Å². The van der Waals surface area contributed by atoms with Crippen LogP contribution in [0, 0.1) is 5.92 Å². The first kappa shape index (κ1) is 12.6. The molecule has 1 aliphatic rings. The highest BCUT2D eigenvalue weighted by Gasteiger charge is 2.19. The van der Waals surface area contributed by atoms with E-state index in [-0.39, 0.29) is 0 Å². The molecule has 2 rings (SSSR count). The molecule has 0 saturated carbocycles. The number of hydrogen-bond acceptors (Lipinski definition) is 1. The van der Waals surface area contributed by atoms with Crippen molar-refractivity contribution in [3.8, 4) is 0 Å². The zero-order chi connectivity index (χ0) is 11.9. The van der Waals surface area contributed by atoms with E-state index in [1.54, 1.807) is 0 Å².